The van der Waals surface area contributed by atoms with Gasteiger partial charge >= 0.3 is 0 Å². The molecule has 4 rings (SSSR count). The lowest BCUT2D eigenvalue weighted by atomic mass is 9.82. The van der Waals surface area contributed by atoms with Crippen LogP contribution in [-0.4, -0.2) is 409 Å². The van der Waals surface area contributed by atoms with Crippen LogP contribution < -0.4 is 61.3 Å². The molecule has 752 valence electrons. The van der Waals surface area contributed by atoms with Gasteiger partial charge in [0.1, 0.15) is 54.9 Å². The molecule has 131 heavy (non-hydrogen) atoms. The largest absolute Gasteiger partial charge is 0.401 e. The van der Waals surface area contributed by atoms with E-state index in [1.54, 1.807) is 18.6 Å². The van der Waals surface area contributed by atoms with Crippen molar-refractivity contribution in [2.45, 2.75) is 241 Å². The fourth-order valence-corrected chi connectivity index (χ4v) is 15.1. The summed E-state index contributed by atoms with van der Waals surface area (Å²) in [5, 5.41) is 110. The molecule has 3 fully saturated rings. The molecule has 3 saturated heterocycles. The van der Waals surface area contributed by atoms with E-state index in [9.17, 15) is 93.9 Å². The second kappa shape index (κ2) is 66.3. The lowest BCUT2D eigenvalue weighted by molar-refractivity contribution is -0.185. The lowest BCUT2D eigenvalue weighted by Gasteiger charge is -2.42. The van der Waals surface area contributed by atoms with Crippen LogP contribution >= 0.6 is 0 Å². The molecule has 0 aromatic rings. The number of aliphatic hydroxyl groups excluding tert-OH is 9. The van der Waals surface area contributed by atoms with Gasteiger partial charge in [0, 0.05) is 159 Å². The predicted octanol–water partition coefficient (Wildman–Crippen LogP) is -6.17. The highest BCUT2D eigenvalue weighted by molar-refractivity contribution is 6.12. The van der Waals surface area contributed by atoms with Crippen molar-refractivity contribution in [3.8, 4) is 0 Å². The molecule has 12 atom stereocenters. The molecule has 4 aliphatic rings. The average molecular weight is 1880 g/mol. The molecule has 26 N–H and O–H groups in total. The van der Waals surface area contributed by atoms with Crippen molar-refractivity contribution in [1.82, 2.24) is 61.2 Å². The standard InChI is InChI=1S/C85H154N18O28/c1-60(107)100(66-57-129-69(54-104)82(120)79(66)117)32-12-15-63(86)51-97(89)36-42-126-48-45-123-39-29-93-73(111)22-25-85(96-76(114)19-11-9-7-5-4-6-8-10-18-72(110)92-28-35-103-77(115)20-21-78(103)116,26-23-74(112)94-30-40-124-46-49-127-43-37-98(90)52-64(87)16-13-33-101(61(2)108)67-58-130-70(55-105)83(121)80(67)118)27-24-75(113)95-31-41-125-47-50-128-44-38-99(91)53-65(88)17-14-34-102(62(3)109)68-59-131-71(56-106)84(122)81(68)119/h20-21,51-53,66-71,79-84,104-106,117-122H,4-19,22-50,54-59,86-91H2,1-3H3,(H,92,110)(H,93,111)(H,94,112)(H,95,113)(H,96,114)/b63-51-,64-52-,65-53-/t66-,67-,68-,69+,70+,71+,79+,80+,81+,82-,83-,84-/m0/s1. The van der Waals surface area contributed by atoms with Crippen LogP contribution in [-0.2, 0) is 90.6 Å². The summed E-state index contributed by atoms with van der Waals surface area (Å²) in [5.41, 5.74) is 18.7. The zero-order valence-electron chi connectivity index (χ0n) is 76.8. The lowest BCUT2D eigenvalue weighted by Crippen LogP contribution is -2.61. The maximum absolute atomic E-state index is 14.2. The summed E-state index contributed by atoms with van der Waals surface area (Å²) in [6, 6.07) is -2.44. The number of carbonyl (C=O) groups is 10. The topological polar surface area (TPSA) is 675 Å². The molecule has 0 aromatic carbocycles. The Hall–Kier alpha value is -8.18. The minimum Gasteiger partial charge on any atom is -0.401 e. The number of hydrogen-bond donors (Lipinski definition) is 20. The van der Waals surface area contributed by atoms with Gasteiger partial charge in [-0.15, -0.1) is 0 Å². The maximum atomic E-state index is 14.2. The van der Waals surface area contributed by atoms with Crippen molar-refractivity contribution >= 4 is 59.1 Å². The molecule has 4 aliphatic heterocycles. The Morgan fingerprint density at radius 3 is 0.954 bits per heavy atom. The Kier molecular flexibility index (Phi) is 58.2. The van der Waals surface area contributed by atoms with Crippen LogP contribution in [0.4, 0.5) is 0 Å². The third kappa shape index (κ3) is 46.6. The second-order valence-corrected chi connectivity index (χ2v) is 33.0. The van der Waals surface area contributed by atoms with E-state index >= 15 is 0 Å². The van der Waals surface area contributed by atoms with Crippen molar-refractivity contribution in [2.24, 2.45) is 34.7 Å². The van der Waals surface area contributed by atoms with E-state index in [2.05, 4.69) is 26.6 Å². The van der Waals surface area contributed by atoms with Crippen LogP contribution in [0.1, 0.15) is 162 Å². The molecule has 4 heterocycles. The number of imide groups is 1. The van der Waals surface area contributed by atoms with E-state index in [0.717, 1.165) is 43.4 Å². The third-order valence-electron chi connectivity index (χ3n) is 22.7. The van der Waals surface area contributed by atoms with E-state index < -0.39 is 110 Å². The summed E-state index contributed by atoms with van der Waals surface area (Å²) in [5.74, 6) is 15.0. The van der Waals surface area contributed by atoms with E-state index in [4.69, 9.17) is 77.4 Å². The number of aliphatic hydroxyl groups is 9. The molecular weight excluding hydrogens is 1720 g/mol. The smallest absolute Gasteiger partial charge is 0.253 e. The van der Waals surface area contributed by atoms with E-state index in [-0.39, 0.29) is 263 Å². The average Bonchev–Trinajstić information content (AvgIpc) is 1.47. The molecule has 0 spiro atoms. The minimum atomic E-state index is -1.37. The summed E-state index contributed by atoms with van der Waals surface area (Å²) < 4.78 is 50.7. The number of nitrogens with zero attached hydrogens (tertiary/aromatic N) is 7. The van der Waals surface area contributed by atoms with Crippen LogP contribution in [0, 0.1) is 0 Å². The number of rotatable bonds is 72. The van der Waals surface area contributed by atoms with Crippen molar-refractivity contribution in [2.75, 3.05) is 191 Å². The van der Waals surface area contributed by atoms with Gasteiger partial charge in [-0.3, -0.25) is 52.8 Å². The van der Waals surface area contributed by atoms with Gasteiger partial charge in [-0.2, -0.15) is 0 Å². The number of nitrogens with two attached hydrogens (primary N) is 6. The van der Waals surface area contributed by atoms with Gasteiger partial charge < -0.3 is 162 Å². The van der Waals surface area contributed by atoms with Gasteiger partial charge in [0.15, 0.2) is 0 Å². The van der Waals surface area contributed by atoms with Crippen molar-refractivity contribution in [1.29, 1.82) is 0 Å². The highest BCUT2D eigenvalue weighted by Gasteiger charge is 2.45. The fraction of sp³-hybridized carbons (Fsp3) is 0.788. The zero-order chi connectivity index (χ0) is 96.5. The third-order valence-corrected chi connectivity index (χ3v) is 22.7. The molecule has 46 nitrogen and oxygen atoms in total. The number of ether oxygens (including phenoxy) is 9. The summed E-state index contributed by atoms with van der Waals surface area (Å²) >= 11 is 0. The molecule has 0 saturated carbocycles. The maximum Gasteiger partial charge on any atom is 0.253 e. The quantitative estimate of drug-likeness (QED) is 0.0117. The number of amides is 10. The number of unbranched alkanes of at least 4 members (excludes halogenated alkanes) is 7. The molecule has 10 amide bonds. The first-order chi connectivity index (χ1) is 62.7. The van der Waals surface area contributed by atoms with Gasteiger partial charge in [0.25, 0.3) is 11.8 Å². The Morgan fingerprint density at radius 1 is 0.382 bits per heavy atom. The fourth-order valence-electron chi connectivity index (χ4n) is 15.1. The number of nitrogens with one attached hydrogen (secondary N) is 5. The Balaban J connectivity index is 1.31. The molecule has 0 radical (unpaired) electrons. The normalized spacial score (nSPS) is 21.3. The monoisotopic (exact) mass is 1880 g/mol. The molecule has 0 unspecified atom stereocenters. The summed E-state index contributed by atoms with van der Waals surface area (Å²) in [7, 11) is 0. The van der Waals surface area contributed by atoms with Gasteiger partial charge in [-0.1, -0.05) is 38.5 Å². The Morgan fingerprint density at radius 2 is 0.656 bits per heavy atom. The zero-order valence-corrected chi connectivity index (χ0v) is 76.8. The minimum absolute atomic E-state index is 0.0394. The Labute approximate surface area is 767 Å². The van der Waals surface area contributed by atoms with Crippen LogP contribution in [0.5, 0.6) is 0 Å². The van der Waals surface area contributed by atoms with E-state index in [1.165, 1.54) is 62.6 Å². The number of carbonyl (C=O) groups excluding carboxylic acids is 10. The highest BCUT2D eigenvalue weighted by atomic mass is 16.5. The molecule has 0 aromatic heterocycles. The highest BCUT2D eigenvalue weighted by Crippen LogP contribution is 2.29. The summed E-state index contributed by atoms with van der Waals surface area (Å²) in [6.07, 6.45) is 4.87. The second-order valence-electron chi connectivity index (χ2n) is 33.0. The summed E-state index contributed by atoms with van der Waals surface area (Å²) in [6.45, 7) is 6.46. The number of allylic oxidation sites excluding steroid dienone is 3. The predicted molar refractivity (Wildman–Crippen MR) is 475 cm³/mol. The van der Waals surface area contributed by atoms with Crippen LogP contribution in [0.3, 0.4) is 0 Å². The number of hydrogen-bond acceptors (Lipinski definition) is 37. The van der Waals surface area contributed by atoms with Crippen LogP contribution in [0.15, 0.2) is 47.8 Å². The van der Waals surface area contributed by atoms with Crippen LogP contribution in [0.25, 0.3) is 0 Å². The molecule has 46 heteroatoms. The van der Waals surface area contributed by atoms with E-state index in [0.29, 0.717) is 74.9 Å². The molecule has 0 aliphatic carbocycles. The van der Waals surface area contributed by atoms with Crippen molar-refractivity contribution < 1.29 is 137 Å². The Bertz CT molecular complexity index is 3180. The van der Waals surface area contributed by atoms with Gasteiger partial charge in [0.05, 0.1) is 157 Å². The first kappa shape index (κ1) is 115. The van der Waals surface area contributed by atoms with Gasteiger partial charge in [-0.25, -0.2) is 17.5 Å². The summed E-state index contributed by atoms with van der Waals surface area (Å²) in [4.78, 5) is 134. The number of hydrazine groups is 3. The molecular formula is C85H154N18O28. The van der Waals surface area contributed by atoms with Gasteiger partial charge in [-0.05, 0) is 70.6 Å². The molecule has 0 bridgehead atoms. The van der Waals surface area contributed by atoms with Crippen LogP contribution in [0.2, 0.25) is 0 Å². The SMILES string of the molecule is CC(=O)N(CCC/C(N)=C/N(N)CCOCCOCCNC(=O)CCC(CCC(=O)NCCOCCOCCN(N)/C=C(\N)CCCN(C(C)=O)[C@H]1CO[C@H](CO)[C@H](O)[C@@H]1O)(CCC(=O)NCCOCCOCCN(N)/C=C(\N)CCCN(C(C)=O)[C@H]1CO[C@H](CO)[C@H](O)[C@@H]1O)NC(=O)CCCCCCCCCCC(=O)NCCN1C(=O)C=CC1=O)[C@H]1CO[C@H](CO)[C@H](O)[C@@H]1O. The first-order valence-electron chi connectivity index (χ1n) is 45.6. The van der Waals surface area contributed by atoms with E-state index in [1.807, 2.05) is 0 Å². The first-order valence-corrected chi connectivity index (χ1v) is 45.6. The van der Waals surface area contributed by atoms with Crippen molar-refractivity contribution in [3.05, 3.63) is 47.8 Å². The van der Waals surface area contributed by atoms with Gasteiger partial charge in [0.2, 0.25) is 47.3 Å². The van der Waals surface area contributed by atoms with Crippen molar-refractivity contribution in [3.63, 3.8) is 0 Å².